The minimum atomic E-state index is -0.580. The average Bonchev–Trinajstić information content (AvgIpc) is 3.49. The molecule has 1 aliphatic rings. The fraction of sp³-hybridized carbons (Fsp3) is 0.0588. The van der Waals surface area contributed by atoms with E-state index in [4.69, 9.17) is 0 Å². The van der Waals surface area contributed by atoms with Crippen molar-refractivity contribution in [2.75, 3.05) is 9.80 Å². The van der Waals surface area contributed by atoms with Crippen LogP contribution in [0.3, 0.4) is 0 Å². The molecule has 0 saturated carbocycles. The van der Waals surface area contributed by atoms with Gasteiger partial charge in [0.05, 0.1) is 5.41 Å². The molecular formula is C51H40N2. The molecule has 2 heteroatoms. The summed E-state index contributed by atoms with van der Waals surface area (Å²) in [4.78, 5) is 4.77. The first kappa shape index (κ1) is 32.3. The van der Waals surface area contributed by atoms with Crippen LogP contribution in [0.25, 0.3) is 11.1 Å². The van der Waals surface area contributed by atoms with E-state index in [0.717, 1.165) is 34.1 Å². The van der Waals surface area contributed by atoms with Crippen LogP contribution in [-0.4, -0.2) is 0 Å². The highest BCUT2D eigenvalue weighted by atomic mass is 15.1. The molecule has 0 N–H and O–H groups in total. The van der Waals surface area contributed by atoms with Crippen LogP contribution in [0.2, 0.25) is 0 Å². The topological polar surface area (TPSA) is 6.48 Å². The minimum Gasteiger partial charge on any atom is -0.310 e. The molecule has 0 atom stereocenters. The normalized spacial score (nSPS) is 12.5. The number of nitrogens with zero attached hydrogens (tertiary/aromatic N) is 2. The largest absolute Gasteiger partial charge is 0.310 e. The van der Waals surface area contributed by atoms with Crippen molar-refractivity contribution in [1.82, 2.24) is 0 Å². The molecule has 53 heavy (non-hydrogen) atoms. The van der Waals surface area contributed by atoms with Gasteiger partial charge in [0.1, 0.15) is 0 Å². The van der Waals surface area contributed by atoms with Gasteiger partial charge in [-0.15, -0.1) is 0 Å². The molecule has 8 aromatic carbocycles. The predicted octanol–water partition coefficient (Wildman–Crippen LogP) is 13.6. The number of anilines is 6. The van der Waals surface area contributed by atoms with E-state index in [9.17, 15) is 0 Å². The summed E-state index contributed by atoms with van der Waals surface area (Å²) in [6.45, 7) is 4.32. The van der Waals surface area contributed by atoms with Crippen molar-refractivity contribution in [2.24, 2.45) is 0 Å². The molecule has 1 aliphatic carbocycles. The lowest BCUT2D eigenvalue weighted by Crippen LogP contribution is -2.29. The van der Waals surface area contributed by atoms with Gasteiger partial charge in [0, 0.05) is 34.1 Å². The third-order valence-electron chi connectivity index (χ3n) is 10.6. The van der Waals surface area contributed by atoms with Crippen LogP contribution in [0.15, 0.2) is 206 Å². The lowest BCUT2D eigenvalue weighted by Gasteiger charge is -2.35. The molecule has 0 saturated heterocycles. The lowest BCUT2D eigenvalue weighted by molar-refractivity contribution is 0.768. The van der Waals surface area contributed by atoms with Gasteiger partial charge in [-0.2, -0.15) is 0 Å². The smallest absolute Gasteiger partial charge is 0.0715 e. The minimum absolute atomic E-state index is 0.580. The van der Waals surface area contributed by atoms with Gasteiger partial charge in [-0.25, -0.2) is 0 Å². The molecule has 0 fully saturated rings. The van der Waals surface area contributed by atoms with E-state index in [2.05, 4.69) is 230 Å². The van der Waals surface area contributed by atoms with Gasteiger partial charge < -0.3 is 9.80 Å². The standard InChI is InChI=1S/C51H40N2/c1-37-17-15-27-43(33-37)52(41-23-11-5-12-24-41)45-29-31-47-48-32-30-46(53(42-25-13-6-14-26-42)44-28-16-18-38(2)34-44)36-50(48)51(49(47)35-45,39-19-7-3-8-20-39)40-21-9-4-10-22-40/h3-36H,1-2H3. The van der Waals surface area contributed by atoms with E-state index in [1.807, 2.05) is 0 Å². The first-order chi connectivity index (χ1) is 26.1. The molecule has 0 radical (unpaired) electrons. The zero-order valence-corrected chi connectivity index (χ0v) is 30.0. The monoisotopic (exact) mass is 680 g/mol. The van der Waals surface area contributed by atoms with Gasteiger partial charge in [-0.1, -0.05) is 133 Å². The van der Waals surface area contributed by atoms with Crippen LogP contribution in [-0.2, 0) is 5.41 Å². The number of hydrogen-bond acceptors (Lipinski definition) is 2. The van der Waals surface area contributed by atoms with E-state index >= 15 is 0 Å². The number of para-hydroxylation sites is 2. The molecule has 0 aliphatic heterocycles. The van der Waals surface area contributed by atoms with Crippen molar-refractivity contribution < 1.29 is 0 Å². The van der Waals surface area contributed by atoms with Crippen molar-refractivity contribution in [3.8, 4) is 11.1 Å². The van der Waals surface area contributed by atoms with Crippen LogP contribution in [0.4, 0.5) is 34.1 Å². The third kappa shape index (κ3) is 5.60. The molecule has 0 bridgehead atoms. The van der Waals surface area contributed by atoms with Gasteiger partial charge in [-0.3, -0.25) is 0 Å². The number of hydrogen-bond donors (Lipinski definition) is 0. The number of aryl methyl sites for hydroxylation is 2. The van der Waals surface area contributed by atoms with E-state index in [1.54, 1.807) is 0 Å². The molecule has 0 spiro atoms. The molecule has 0 aromatic heterocycles. The van der Waals surface area contributed by atoms with Crippen molar-refractivity contribution in [2.45, 2.75) is 19.3 Å². The van der Waals surface area contributed by atoms with E-state index in [-0.39, 0.29) is 0 Å². The Morgan fingerprint density at radius 1 is 0.302 bits per heavy atom. The fourth-order valence-electron chi connectivity index (χ4n) is 8.33. The highest BCUT2D eigenvalue weighted by Crippen LogP contribution is 2.58. The highest BCUT2D eigenvalue weighted by molar-refractivity contribution is 5.92. The molecule has 0 amide bonds. The van der Waals surface area contributed by atoms with Crippen LogP contribution in [0, 0.1) is 13.8 Å². The molecule has 0 unspecified atom stereocenters. The Kier molecular flexibility index (Phi) is 8.21. The Morgan fingerprint density at radius 2 is 0.642 bits per heavy atom. The SMILES string of the molecule is Cc1cccc(N(c2ccccc2)c2ccc3c(c2)C(c2ccccc2)(c2ccccc2)c2cc(N(c4ccccc4)c4cccc(C)c4)ccc2-3)c1. The molecule has 9 rings (SSSR count). The van der Waals surface area contributed by atoms with Crippen LogP contribution in [0.1, 0.15) is 33.4 Å². The Balaban J connectivity index is 1.33. The maximum Gasteiger partial charge on any atom is 0.0715 e. The summed E-state index contributed by atoms with van der Waals surface area (Å²) in [6, 6.07) is 75.3. The quantitative estimate of drug-likeness (QED) is 0.158. The van der Waals surface area contributed by atoms with Crippen molar-refractivity contribution in [3.05, 3.63) is 240 Å². The summed E-state index contributed by atoms with van der Waals surface area (Å²) in [5, 5.41) is 0. The first-order valence-electron chi connectivity index (χ1n) is 18.4. The van der Waals surface area contributed by atoms with Crippen LogP contribution < -0.4 is 9.80 Å². The van der Waals surface area contributed by atoms with E-state index in [1.165, 1.54) is 44.5 Å². The highest BCUT2D eigenvalue weighted by Gasteiger charge is 2.47. The van der Waals surface area contributed by atoms with Gasteiger partial charge in [-0.05, 0) is 131 Å². The predicted molar refractivity (Wildman–Crippen MR) is 223 cm³/mol. The molecule has 8 aromatic rings. The Bertz CT molecular complexity index is 2340. The summed E-state index contributed by atoms with van der Waals surface area (Å²) < 4.78 is 0. The van der Waals surface area contributed by atoms with E-state index < -0.39 is 5.41 Å². The maximum absolute atomic E-state index is 2.44. The van der Waals surface area contributed by atoms with Gasteiger partial charge in [0.15, 0.2) is 0 Å². The lowest BCUT2D eigenvalue weighted by atomic mass is 9.67. The van der Waals surface area contributed by atoms with Crippen molar-refractivity contribution in [1.29, 1.82) is 0 Å². The number of benzene rings is 8. The number of fused-ring (bicyclic) bond motifs is 3. The Hall–Kier alpha value is -6.64. The van der Waals surface area contributed by atoms with Crippen molar-refractivity contribution in [3.63, 3.8) is 0 Å². The summed E-state index contributed by atoms with van der Waals surface area (Å²) in [5.41, 5.74) is 16.2. The van der Waals surface area contributed by atoms with Gasteiger partial charge in [0.25, 0.3) is 0 Å². The summed E-state index contributed by atoms with van der Waals surface area (Å²) in [6.07, 6.45) is 0. The Labute approximate surface area is 312 Å². The second-order valence-electron chi connectivity index (χ2n) is 14.0. The zero-order chi connectivity index (χ0) is 35.8. The Morgan fingerprint density at radius 3 is 1.02 bits per heavy atom. The second kappa shape index (κ2) is 13.5. The fourth-order valence-corrected chi connectivity index (χ4v) is 8.33. The summed E-state index contributed by atoms with van der Waals surface area (Å²) in [7, 11) is 0. The molecular weight excluding hydrogens is 641 g/mol. The molecule has 254 valence electrons. The summed E-state index contributed by atoms with van der Waals surface area (Å²) >= 11 is 0. The zero-order valence-electron chi connectivity index (χ0n) is 30.0. The van der Waals surface area contributed by atoms with Gasteiger partial charge >= 0.3 is 0 Å². The molecule has 0 heterocycles. The average molecular weight is 681 g/mol. The summed E-state index contributed by atoms with van der Waals surface area (Å²) in [5.74, 6) is 0. The third-order valence-corrected chi connectivity index (χ3v) is 10.6. The number of rotatable bonds is 8. The van der Waals surface area contributed by atoms with Gasteiger partial charge in [0.2, 0.25) is 0 Å². The van der Waals surface area contributed by atoms with Crippen LogP contribution >= 0.6 is 0 Å². The molecule has 2 nitrogen and oxygen atoms in total. The second-order valence-corrected chi connectivity index (χ2v) is 14.0. The van der Waals surface area contributed by atoms with E-state index in [0.29, 0.717) is 0 Å². The first-order valence-corrected chi connectivity index (χ1v) is 18.4. The van der Waals surface area contributed by atoms with Crippen LogP contribution in [0.5, 0.6) is 0 Å². The van der Waals surface area contributed by atoms with Crippen molar-refractivity contribution >= 4 is 34.1 Å². The maximum atomic E-state index is 2.44.